The summed E-state index contributed by atoms with van der Waals surface area (Å²) >= 11 is 6.23. The van der Waals surface area contributed by atoms with Crippen molar-refractivity contribution < 1.29 is 22.7 Å². The highest BCUT2D eigenvalue weighted by molar-refractivity contribution is 7.88. The number of carbonyl (C=O) groups excluding carboxylic acids is 2. The fourth-order valence-corrected chi connectivity index (χ4v) is 7.04. The molecule has 2 aromatic carbocycles. The minimum absolute atomic E-state index is 0.129. The van der Waals surface area contributed by atoms with E-state index in [4.69, 9.17) is 16.3 Å². The smallest absolute Gasteiger partial charge is 0.255 e. The SMILES string of the molecule is COc1cccnc1CNC(=O)[C@@H]1c2ccccc2C(=O)N(C2CCCC[C@@H]2NS(C)(=O)=O)[C@H]1c1ccc(Cl)cc1. The summed E-state index contributed by atoms with van der Waals surface area (Å²) in [6.07, 6.45) is 5.63. The molecule has 2 N–H and O–H groups in total. The monoisotopic (exact) mass is 596 g/mol. The zero-order chi connectivity index (χ0) is 29.1. The van der Waals surface area contributed by atoms with Crippen LogP contribution in [0.25, 0.3) is 0 Å². The van der Waals surface area contributed by atoms with E-state index in [9.17, 15) is 18.0 Å². The van der Waals surface area contributed by atoms with Crippen LogP contribution in [0.4, 0.5) is 0 Å². The van der Waals surface area contributed by atoms with Crippen LogP contribution in [-0.2, 0) is 21.4 Å². The molecule has 1 aromatic heterocycles. The highest BCUT2D eigenvalue weighted by Crippen LogP contribution is 2.46. The van der Waals surface area contributed by atoms with E-state index >= 15 is 0 Å². The van der Waals surface area contributed by atoms with Gasteiger partial charge in [-0.3, -0.25) is 14.6 Å². The molecule has 2 aliphatic rings. The van der Waals surface area contributed by atoms with Crippen LogP contribution in [0.1, 0.15) is 64.8 Å². The summed E-state index contributed by atoms with van der Waals surface area (Å²) in [6.45, 7) is 0.129. The van der Waals surface area contributed by atoms with E-state index in [0.29, 0.717) is 40.4 Å². The lowest BCUT2D eigenvalue weighted by molar-refractivity contribution is -0.124. The van der Waals surface area contributed by atoms with Gasteiger partial charge in [-0.2, -0.15) is 0 Å². The molecule has 2 amide bonds. The van der Waals surface area contributed by atoms with Gasteiger partial charge in [0.15, 0.2) is 0 Å². The third-order valence-electron chi connectivity index (χ3n) is 7.82. The van der Waals surface area contributed by atoms with Gasteiger partial charge in [-0.1, -0.05) is 54.8 Å². The van der Waals surface area contributed by atoms with Crippen molar-refractivity contribution in [3.8, 4) is 5.75 Å². The third kappa shape index (κ3) is 6.24. The number of pyridine rings is 1. The van der Waals surface area contributed by atoms with Gasteiger partial charge in [-0.15, -0.1) is 0 Å². The third-order valence-corrected chi connectivity index (χ3v) is 8.80. The first-order valence-corrected chi connectivity index (χ1v) is 15.8. The summed E-state index contributed by atoms with van der Waals surface area (Å²) in [5.74, 6) is -0.741. The standard InChI is InChI=1S/C30H33ClN4O5S/c1-40-26-12-7-17-32-24(26)18-33-29(36)27-21-8-3-4-9-22(21)30(37)35(28(27)19-13-15-20(31)16-14-19)25-11-6-5-10-23(25)34-41(2,38)39/h3-4,7-9,12-17,23,25,27-28,34H,5-6,10-11,18H2,1-2H3,(H,33,36)/t23-,25?,27+,28-/m0/s1. The normalized spacial score (nSPS) is 22.6. The summed E-state index contributed by atoms with van der Waals surface area (Å²) in [7, 11) is -1.99. The Bertz CT molecular complexity index is 1530. The number of benzene rings is 2. The Morgan fingerprint density at radius 3 is 2.54 bits per heavy atom. The second kappa shape index (κ2) is 12.2. The second-order valence-corrected chi connectivity index (χ2v) is 12.7. The van der Waals surface area contributed by atoms with Gasteiger partial charge in [-0.05, 0) is 54.3 Å². The Hall–Kier alpha value is -3.47. The number of sulfonamides is 1. The molecule has 0 radical (unpaired) electrons. The zero-order valence-electron chi connectivity index (χ0n) is 22.9. The van der Waals surface area contributed by atoms with Gasteiger partial charge in [0.2, 0.25) is 15.9 Å². The fraction of sp³-hybridized carbons (Fsp3) is 0.367. The molecule has 0 bridgehead atoms. The minimum atomic E-state index is -3.54. The second-order valence-electron chi connectivity index (χ2n) is 10.5. The van der Waals surface area contributed by atoms with Gasteiger partial charge in [0, 0.05) is 28.9 Å². The number of rotatable bonds is 8. The molecular weight excluding hydrogens is 564 g/mol. The van der Waals surface area contributed by atoms with Crippen molar-refractivity contribution in [1.82, 2.24) is 19.9 Å². The van der Waals surface area contributed by atoms with Crippen molar-refractivity contribution in [2.75, 3.05) is 13.4 Å². The van der Waals surface area contributed by atoms with E-state index < -0.39 is 34.1 Å². The first-order chi connectivity index (χ1) is 19.7. The highest BCUT2D eigenvalue weighted by atomic mass is 35.5. The number of methoxy groups -OCH3 is 1. The van der Waals surface area contributed by atoms with Crippen LogP contribution < -0.4 is 14.8 Å². The van der Waals surface area contributed by atoms with E-state index in [2.05, 4.69) is 15.0 Å². The summed E-state index contributed by atoms with van der Waals surface area (Å²) in [5, 5.41) is 3.55. The van der Waals surface area contributed by atoms with Crippen LogP contribution in [0.2, 0.25) is 5.02 Å². The van der Waals surface area contributed by atoms with E-state index in [-0.39, 0.29) is 18.4 Å². The van der Waals surface area contributed by atoms with Crippen LogP contribution in [0.15, 0.2) is 66.9 Å². The maximum atomic E-state index is 14.3. The van der Waals surface area contributed by atoms with E-state index in [0.717, 1.165) is 24.7 Å². The molecule has 1 fully saturated rings. The number of carbonyl (C=O) groups is 2. The summed E-state index contributed by atoms with van der Waals surface area (Å²) < 4.78 is 32.8. The molecule has 4 atom stereocenters. The number of halogens is 1. The average Bonchev–Trinajstić information content (AvgIpc) is 2.96. The van der Waals surface area contributed by atoms with Gasteiger partial charge in [0.05, 0.1) is 31.9 Å². The summed E-state index contributed by atoms with van der Waals surface area (Å²) in [4.78, 5) is 34.5. The van der Waals surface area contributed by atoms with E-state index in [1.54, 1.807) is 54.6 Å². The average molecular weight is 597 g/mol. The fourth-order valence-electron chi connectivity index (χ4n) is 6.09. The van der Waals surface area contributed by atoms with Crippen molar-refractivity contribution in [1.29, 1.82) is 0 Å². The number of fused-ring (bicyclic) bond motifs is 1. The predicted molar refractivity (Wildman–Crippen MR) is 156 cm³/mol. The number of amides is 2. The molecule has 1 unspecified atom stereocenters. The van der Waals surface area contributed by atoms with Gasteiger partial charge in [0.25, 0.3) is 5.91 Å². The molecule has 41 heavy (non-hydrogen) atoms. The van der Waals surface area contributed by atoms with E-state index in [1.807, 2.05) is 24.3 Å². The number of ether oxygens (including phenoxy) is 1. The molecule has 11 heteroatoms. The zero-order valence-corrected chi connectivity index (χ0v) is 24.5. The quantitative estimate of drug-likeness (QED) is 0.402. The van der Waals surface area contributed by atoms with Crippen LogP contribution in [0.5, 0.6) is 5.75 Å². The molecule has 5 rings (SSSR count). The lowest BCUT2D eigenvalue weighted by Gasteiger charge is -2.49. The minimum Gasteiger partial charge on any atom is -0.495 e. The molecule has 3 aromatic rings. The van der Waals surface area contributed by atoms with Crippen LogP contribution in [-0.4, -0.2) is 55.6 Å². The van der Waals surface area contributed by atoms with Crippen LogP contribution >= 0.6 is 11.6 Å². The molecule has 1 saturated carbocycles. The number of hydrogen-bond acceptors (Lipinski definition) is 6. The van der Waals surface area contributed by atoms with Crippen LogP contribution in [0.3, 0.4) is 0 Å². The Balaban J connectivity index is 1.61. The molecule has 216 valence electrons. The van der Waals surface area contributed by atoms with Gasteiger partial charge in [-0.25, -0.2) is 13.1 Å². The van der Waals surface area contributed by atoms with Gasteiger partial charge in [0.1, 0.15) is 11.4 Å². The van der Waals surface area contributed by atoms with Gasteiger partial charge < -0.3 is 15.0 Å². The highest BCUT2D eigenvalue weighted by Gasteiger charge is 2.48. The van der Waals surface area contributed by atoms with Crippen molar-refractivity contribution >= 4 is 33.4 Å². The largest absolute Gasteiger partial charge is 0.495 e. The van der Waals surface area contributed by atoms with Gasteiger partial charge >= 0.3 is 0 Å². The van der Waals surface area contributed by atoms with Crippen molar-refractivity contribution in [2.24, 2.45) is 0 Å². The van der Waals surface area contributed by atoms with Crippen molar-refractivity contribution in [2.45, 2.75) is 56.3 Å². The molecule has 0 saturated heterocycles. The van der Waals surface area contributed by atoms with Crippen molar-refractivity contribution in [3.63, 3.8) is 0 Å². The summed E-state index contributed by atoms with van der Waals surface area (Å²) in [6, 6.07) is 16.2. The number of hydrogen-bond donors (Lipinski definition) is 2. The van der Waals surface area contributed by atoms with Crippen LogP contribution in [0, 0.1) is 0 Å². The molecular formula is C30H33ClN4O5S. The van der Waals surface area contributed by atoms with Crippen molar-refractivity contribution in [3.05, 3.63) is 94.3 Å². The maximum absolute atomic E-state index is 14.3. The Kier molecular flexibility index (Phi) is 8.63. The number of nitrogens with zero attached hydrogens (tertiary/aromatic N) is 2. The molecule has 1 aliphatic carbocycles. The summed E-state index contributed by atoms with van der Waals surface area (Å²) in [5.41, 5.74) is 2.35. The first kappa shape index (κ1) is 29.0. The Labute approximate surface area is 245 Å². The lowest BCUT2D eigenvalue weighted by Crippen LogP contribution is -2.59. The van der Waals surface area contributed by atoms with E-state index in [1.165, 1.54) is 0 Å². The number of nitrogens with one attached hydrogen (secondary N) is 2. The molecule has 1 aliphatic heterocycles. The first-order valence-electron chi connectivity index (χ1n) is 13.6. The Morgan fingerprint density at radius 2 is 1.80 bits per heavy atom. The predicted octanol–water partition coefficient (Wildman–Crippen LogP) is 4.20. The molecule has 9 nitrogen and oxygen atoms in total. The lowest BCUT2D eigenvalue weighted by atomic mass is 9.76. The topological polar surface area (TPSA) is 118 Å². The molecule has 2 heterocycles. The number of aromatic nitrogens is 1. The maximum Gasteiger partial charge on any atom is 0.255 e. The Morgan fingerprint density at radius 1 is 1.07 bits per heavy atom. The molecule has 0 spiro atoms.